The van der Waals surface area contributed by atoms with Gasteiger partial charge in [-0.3, -0.25) is 4.98 Å². The lowest BCUT2D eigenvalue weighted by Gasteiger charge is -2.10. The van der Waals surface area contributed by atoms with E-state index >= 15 is 0 Å². The molecule has 2 rings (SSSR count). The van der Waals surface area contributed by atoms with Crippen molar-refractivity contribution < 1.29 is 0 Å². The van der Waals surface area contributed by atoms with E-state index in [9.17, 15) is 0 Å². The number of aromatic nitrogens is 1. The Bertz CT molecular complexity index is 499. The van der Waals surface area contributed by atoms with Crippen LogP contribution in [0.3, 0.4) is 0 Å². The minimum absolute atomic E-state index is 0.652. The molecule has 2 N–H and O–H groups in total. The lowest BCUT2D eigenvalue weighted by atomic mass is 10.1. The summed E-state index contributed by atoms with van der Waals surface area (Å²) in [6, 6.07) is 14.2. The van der Waals surface area contributed by atoms with E-state index in [-0.39, 0.29) is 0 Å². The van der Waals surface area contributed by atoms with Gasteiger partial charge in [-0.2, -0.15) is 0 Å². The first-order valence-electron chi connectivity index (χ1n) is 6.33. The number of nitrogens with zero attached hydrogens (tertiary/aromatic N) is 1. The molecule has 1 aromatic carbocycles. The van der Waals surface area contributed by atoms with Crippen LogP contribution in [0.25, 0.3) is 0 Å². The van der Waals surface area contributed by atoms with E-state index in [1.54, 1.807) is 12.4 Å². The lowest BCUT2D eigenvalue weighted by molar-refractivity contribution is 0.777. The molecule has 0 fully saturated rings. The summed E-state index contributed by atoms with van der Waals surface area (Å²) >= 11 is 5.22. The van der Waals surface area contributed by atoms with Crippen molar-refractivity contribution in [1.29, 1.82) is 0 Å². The minimum atomic E-state index is 0.652. The first kappa shape index (κ1) is 13.5. The van der Waals surface area contributed by atoms with Crippen molar-refractivity contribution in [2.45, 2.75) is 12.8 Å². The zero-order valence-electron chi connectivity index (χ0n) is 10.7. The second-order valence-corrected chi connectivity index (χ2v) is 4.61. The van der Waals surface area contributed by atoms with Crippen molar-refractivity contribution >= 4 is 23.0 Å². The number of anilines is 1. The molecule has 0 amide bonds. The molecule has 0 aliphatic heterocycles. The van der Waals surface area contributed by atoms with Gasteiger partial charge in [-0.1, -0.05) is 30.3 Å². The molecule has 98 valence electrons. The third-order valence-corrected chi connectivity index (χ3v) is 2.96. The fourth-order valence-electron chi connectivity index (χ4n) is 1.75. The van der Waals surface area contributed by atoms with Crippen LogP contribution in [0, 0.1) is 0 Å². The number of pyridine rings is 1. The predicted octanol–water partition coefficient (Wildman–Crippen LogP) is 3.00. The zero-order valence-corrected chi connectivity index (χ0v) is 11.5. The van der Waals surface area contributed by atoms with Gasteiger partial charge >= 0.3 is 0 Å². The van der Waals surface area contributed by atoms with Crippen LogP contribution in [0.5, 0.6) is 0 Å². The maximum absolute atomic E-state index is 5.22. The Morgan fingerprint density at radius 1 is 1.05 bits per heavy atom. The van der Waals surface area contributed by atoms with Crippen molar-refractivity contribution in [3.05, 3.63) is 60.4 Å². The van der Waals surface area contributed by atoms with Gasteiger partial charge in [0.05, 0.1) is 0 Å². The molecule has 19 heavy (non-hydrogen) atoms. The molecule has 0 saturated carbocycles. The number of nitrogens with one attached hydrogen (secondary N) is 2. The van der Waals surface area contributed by atoms with Gasteiger partial charge in [0.25, 0.3) is 0 Å². The average Bonchev–Trinajstić information content (AvgIpc) is 2.46. The van der Waals surface area contributed by atoms with Gasteiger partial charge in [-0.25, -0.2) is 0 Å². The molecule has 1 aromatic heterocycles. The molecule has 0 aliphatic rings. The van der Waals surface area contributed by atoms with Gasteiger partial charge in [0.2, 0.25) is 0 Å². The van der Waals surface area contributed by atoms with E-state index in [4.69, 9.17) is 12.2 Å². The van der Waals surface area contributed by atoms with E-state index in [1.165, 1.54) is 5.56 Å². The highest BCUT2D eigenvalue weighted by Gasteiger charge is 1.97. The van der Waals surface area contributed by atoms with E-state index in [1.807, 2.05) is 18.2 Å². The van der Waals surface area contributed by atoms with Gasteiger partial charge in [0, 0.05) is 24.6 Å². The topological polar surface area (TPSA) is 37.0 Å². The Morgan fingerprint density at radius 2 is 1.79 bits per heavy atom. The summed E-state index contributed by atoms with van der Waals surface area (Å²) < 4.78 is 0. The van der Waals surface area contributed by atoms with Gasteiger partial charge in [-0.15, -0.1) is 0 Å². The number of rotatable bonds is 5. The maximum Gasteiger partial charge on any atom is 0.170 e. The van der Waals surface area contributed by atoms with Crippen molar-refractivity contribution in [3.63, 3.8) is 0 Å². The van der Waals surface area contributed by atoms with Gasteiger partial charge in [0.1, 0.15) is 0 Å². The largest absolute Gasteiger partial charge is 0.362 e. The molecule has 0 saturated heterocycles. The fraction of sp³-hybridized carbons (Fsp3) is 0.200. The van der Waals surface area contributed by atoms with E-state index in [0.29, 0.717) is 5.11 Å². The smallest absolute Gasteiger partial charge is 0.170 e. The Hall–Kier alpha value is -1.94. The summed E-state index contributed by atoms with van der Waals surface area (Å²) in [6.07, 6.45) is 5.59. The summed E-state index contributed by atoms with van der Waals surface area (Å²) in [5, 5.41) is 6.97. The normalized spacial score (nSPS) is 9.89. The van der Waals surface area contributed by atoms with Gasteiger partial charge < -0.3 is 10.6 Å². The fourth-order valence-corrected chi connectivity index (χ4v) is 1.97. The second-order valence-electron chi connectivity index (χ2n) is 4.21. The summed E-state index contributed by atoms with van der Waals surface area (Å²) in [6.45, 7) is 0.867. The van der Waals surface area contributed by atoms with E-state index in [2.05, 4.69) is 39.9 Å². The van der Waals surface area contributed by atoms with Crippen LogP contribution in [0.4, 0.5) is 5.69 Å². The summed E-state index contributed by atoms with van der Waals surface area (Å²) in [5.41, 5.74) is 2.31. The van der Waals surface area contributed by atoms with Crippen LogP contribution >= 0.6 is 12.2 Å². The summed E-state index contributed by atoms with van der Waals surface area (Å²) in [5.74, 6) is 0. The molecule has 0 radical (unpaired) electrons. The number of aryl methyl sites for hydroxylation is 1. The molecule has 0 unspecified atom stereocenters. The number of hydrogen-bond donors (Lipinski definition) is 2. The summed E-state index contributed by atoms with van der Waals surface area (Å²) in [7, 11) is 0. The van der Waals surface area contributed by atoms with Gasteiger partial charge in [-0.05, 0) is 42.8 Å². The third kappa shape index (κ3) is 5.06. The van der Waals surface area contributed by atoms with Crippen molar-refractivity contribution in [2.75, 3.05) is 11.9 Å². The Morgan fingerprint density at radius 3 is 2.53 bits per heavy atom. The Kier molecular flexibility index (Phi) is 5.31. The number of benzene rings is 1. The quantitative estimate of drug-likeness (QED) is 0.647. The van der Waals surface area contributed by atoms with Crippen LogP contribution in [0.1, 0.15) is 12.0 Å². The highest BCUT2D eigenvalue weighted by molar-refractivity contribution is 7.80. The molecule has 0 aliphatic carbocycles. The first-order chi connectivity index (χ1) is 9.34. The predicted molar refractivity (Wildman–Crippen MR) is 83.2 cm³/mol. The van der Waals surface area contributed by atoms with Crippen molar-refractivity contribution in [1.82, 2.24) is 10.3 Å². The second kappa shape index (κ2) is 7.48. The molecule has 3 nitrogen and oxygen atoms in total. The lowest BCUT2D eigenvalue weighted by Crippen LogP contribution is -2.29. The highest BCUT2D eigenvalue weighted by Crippen LogP contribution is 2.03. The first-order valence-corrected chi connectivity index (χ1v) is 6.74. The Balaban J connectivity index is 1.65. The van der Waals surface area contributed by atoms with E-state index in [0.717, 1.165) is 25.1 Å². The maximum atomic E-state index is 5.22. The van der Waals surface area contributed by atoms with Crippen LogP contribution in [0.15, 0.2) is 54.9 Å². The third-order valence-electron chi connectivity index (χ3n) is 2.71. The minimum Gasteiger partial charge on any atom is -0.362 e. The molecule has 4 heteroatoms. The summed E-state index contributed by atoms with van der Waals surface area (Å²) in [4.78, 5) is 3.96. The average molecular weight is 271 g/mol. The number of thiocarbonyl (C=S) groups is 1. The SMILES string of the molecule is S=C(NCCCc1ccccc1)Nc1ccncc1. The molecular formula is C15H17N3S. The van der Waals surface area contributed by atoms with Crippen LogP contribution in [0.2, 0.25) is 0 Å². The van der Waals surface area contributed by atoms with Crippen molar-refractivity contribution in [3.8, 4) is 0 Å². The molecule has 0 atom stereocenters. The van der Waals surface area contributed by atoms with E-state index < -0.39 is 0 Å². The highest BCUT2D eigenvalue weighted by atomic mass is 32.1. The standard InChI is InChI=1S/C15H17N3S/c19-15(18-14-8-11-16-12-9-14)17-10-4-7-13-5-2-1-3-6-13/h1-3,5-6,8-9,11-12H,4,7,10H2,(H2,16,17,18,19). The Labute approximate surface area is 119 Å². The molecule has 1 heterocycles. The van der Waals surface area contributed by atoms with Gasteiger partial charge in [0.15, 0.2) is 5.11 Å². The zero-order chi connectivity index (χ0) is 13.3. The van der Waals surface area contributed by atoms with Crippen LogP contribution < -0.4 is 10.6 Å². The molecular weight excluding hydrogens is 254 g/mol. The number of hydrogen-bond acceptors (Lipinski definition) is 2. The van der Waals surface area contributed by atoms with Crippen LogP contribution in [-0.4, -0.2) is 16.6 Å². The molecule has 0 bridgehead atoms. The molecule has 0 spiro atoms. The van der Waals surface area contributed by atoms with Crippen LogP contribution in [-0.2, 0) is 6.42 Å². The molecule has 2 aromatic rings. The monoisotopic (exact) mass is 271 g/mol. The van der Waals surface area contributed by atoms with Crippen molar-refractivity contribution in [2.24, 2.45) is 0 Å².